The average Bonchev–Trinajstić information content (AvgIpc) is 3.88. The Bertz CT molecular complexity index is 3900. The topological polar surface area (TPSA) is 3.24 Å². The molecule has 12 aromatic carbocycles. The molecule has 0 bridgehead atoms. The highest BCUT2D eigenvalue weighted by molar-refractivity contribution is 6.26. The molecule has 14 rings (SSSR count). The van der Waals surface area contributed by atoms with Gasteiger partial charge < -0.3 is 4.90 Å². The fourth-order valence-electron chi connectivity index (χ4n) is 12.0. The van der Waals surface area contributed by atoms with Crippen molar-refractivity contribution in [2.24, 2.45) is 0 Å². The molecule has 0 aliphatic heterocycles. The number of hydrogen-bond donors (Lipinski definition) is 0. The molecule has 316 valence electrons. The van der Waals surface area contributed by atoms with Crippen LogP contribution in [0, 0.1) is 0 Å². The normalized spacial score (nSPS) is 12.8. The van der Waals surface area contributed by atoms with Gasteiger partial charge >= 0.3 is 0 Å². The number of anilines is 3. The van der Waals surface area contributed by atoms with E-state index in [0.717, 1.165) is 17.1 Å². The molecule has 0 heterocycles. The van der Waals surface area contributed by atoms with Gasteiger partial charge in [0.25, 0.3) is 0 Å². The zero-order valence-corrected chi connectivity index (χ0v) is 37.3. The van der Waals surface area contributed by atoms with Crippen LogP contribution in [-0.4, -0.2) is 0 Å². The van der Waals surface area contributed by atoms with E-state index in [0.29, 0.717) is 0 Å². The first kappa shape index (κ1) is 38.5. The monoisotopic (exact) mass is 861 g/mol. The molecule has 0 saturated heterocycles. The van der Waals surface area contributed by atoms with Crippen LogP contribution in [0.3, 0.4) is 0 Å². The van der Waals surface area contributed by atoms with E-state index in [1.807, 2.05) is 0 Å². The second kappa shape index (κ2) is 15.1. The Balaban J connectivity index is 1.14. The van der Waals surface area contributed by atoms with E-state index in [-0.39, 0.29) is 0 Å². The number of nitrogens with zero attached hydrogens (tertiary/aromatic N) is 1. The maximum absolute atomic E-state index is 2.57. The number of rotatable bonds is 6. The van der Waals surface area contributed by atoms with Gasteiger partial charge in [0.2, 0.25) is 0 Å². The summed E-state index contributed by atoms with van der Waals surface area (Å²) < 4.78 is 0. The summed E-state index contributed by atoms with van der Waals surface area (Å²) in [6.07, 6.45) is 0. The predicted molar refractivity (Wildman–Crippen MR) is 286 cm³/mol. The van der Waals surface area contributed by atoms with Crippen LogP contribution < -0.4 is 4.90 Å². The first-order valence-electron chi connectivity index (χ1n) is 23.7. The second-order valence-corrected chi connectivity index (χ2v) is 18.3. The van der Waals surface area contributed by atoms with Crippen molar-refractivity contribution in [3.63, 3.8) is 0 Å². The van der Waals surface area contributed by atoms with Crippen LogP contribution in [0.5, 0.6) is 0 Å². The molecule has 1 spiro atoms. The molecule has 0 unspecified atom stereocenters. The van der Waals surface area contributed by atoms with Gasteiger partial charge in [-0.25, -0.2) is 0 Å². The van der Waals surface area contributed by atoms with Gasteiger partial charge in [0.05, 0.1) is 11.1 Å². The molecule has 0 aromatic heterocycles. The first-order chi connectivity index (χ1) is 33.8. The van der Waals surface area contributed by atoms with Crippen molar-refractivity contribution in [2.45, 2.75) is 5.41 Å². The maximum Gasteiger partial charge on any atom is 0.0726 e. The van der Waals surface area contributed by atoms with E-state index in [9.17, 15) is 0 Å². The summed E-state index contributed by atoms with van der Waals surface area (Å²) in [6.45, 7) is 0. The van der Waals surface area contributed by atoms with Gasteiger partial charge in [0, 0.05) is 16.9 Å². The smallest absolute Gasteiger partial charge is 0.0726 e. The van der Waals surface area contributed by atoms with Gasteiger partial charge in [0.1, 0.15) is 0 Å². The molecule has 0 fully saturated rings. The van der Waals surface area contributed by atoms with Crippen LogP contribution in [-0.2, 0) is 5.41 Å². The third-order valence-electron chi connectivity index (χ3n) is 14.9. The summed E-state index contributed by atoms with van der Waals surface area (Å²) in [6, 6.07) is 97.2. The summed E-state index contributed by atoms with van der Waals surface area (Å²) >= 11 is 0. The quantitative estimate of drug-likeness (QED) is 0.151. The van der Waals surface area contributed by atoms with E-state index in [2.05, 4.69) is 266 Å². The van der Waals surface area contributed by atoms with Crippen molar-refractivity contribution >= 4 is 49.4 Å². The minimum Gasteiger partial charge on any atom is -0.310 e. The Kier molecular flexibility index (Phi) is 8.57. The minimum atomic E-state index is -0.526. The molecule has 12 aromatic rings. The summed E-state index contributed by atoms with van der Waals surface area (Å²) in [5.74, 6) is 0. The molecule has 1 nitrogen and oxygen atoms in total. The van der Waals surface area contributed by atoms with Gasteiger partial charge in [-0.3, -0.25) is 0 Å². The first-order valence-corrected chi connectivity index (χ1v) is 23.7. The van der Waals surface area contributed by atoms with Gasteiger partial charge in [-0.2, -0.15) is 0 Å². The minimum absolute atomic E-state index is 0.526. The SMILES string of the molecule is c1ccc(-c2cccc(N(c3ccc4c5ccccc5c5ccccc5c4c3)c3cc4c(cc3-c3ccccc3-c3ccccc3)-c3ccccc3C43c4ccccc4-c4ccccc43)c2)cc1. The highest BCUT2D eigenvalue weighted by Crippen LogP contribution is 2.64. The Labute approximate surface area is 396 Å². The molecule has 0 radical (unpaired) electrons. The number of hydrogen-bond acceptors (Lipinski definition) is 1. The third kappa shape index (κ3) is 5.57. The van der Waals surface area contributed by atoms with E-state index >= 15 is 0 Å². The summed E-state index contributed by atoms with van der Waals surface area (Å²) in [7, 11) is 0. The fraction of sp³-hybridized carbons (Fsp3) is 0.0149. The van der Waals surface area contributed by atoms with Crippen LogP contribution in [0.4, 0.5) is 17.1 Å². The zero-order valence-electron chi connectivity index (χ0n) is 37.3. The predicted octanol–water partition coefficient (Wildman–Crippen LogP) is 18.0. The van der Waals surface area contributed by atoms with Gasteiger partial charge in [-0.15, -0.1) is 0 Å². The van der Waals surface area contributed by atoms with E-state index < -0.39 is 5.41 Å². The average molecular weight is 862 g/mol. The molecule has 2 aliphatic carbocycles. The molecular weight excluding hydrogens is 819 g/mol. The van der Waals surface area contributed by atoms with Gasteiger partial charge in [-0.1, -0.05) is 224 Å². The lowest BCUT2D eigenvalue weighted by molar-refractivity contribution is 0.794. The lowest BCUT2D eigenvalue weighted by Crippen LogP contribution is -2.26. The van der Waals surface area contributed by atoms with E-state index in [4.69, 9.17) is 0 Å². The van der Waals surface area contributed by atoms with Crippen LogP contribution in [0.1, 0.15) is 22.3 Å². The molecular formula is C67H43N. The standard InChI is InChI=1S/C67H43N/c1-3-20-44(21-4-1)46-24-19-25-47(40-46)68(48-38-39-55-53-30-10-9-28-51(53)52-29-11-12-31-54(52)59(55)41-48)66-43-65-60(42-61(66)50-27-8-7-26-49(50)45-22-5-2-6-23-45)58-34-15-18-37-64(58)67(65)62-35-16-13-32-56(62)57-33-14-17-36-63(57)67/h1-43H. The van der Waals surface area contributed by atoms with Crippen molar-refractivity contribution in [1.29, 1.82) is 0 Å². The maximum atomic E-state index is 2.57. The van der Waals surface area contributed by atoms with Crippen LogP contribution >= 0.6 is 0 Å². The molecule has 0 atom stereocenters. The van der Waals surface area contributed by atoms with Gasteiger partial charge in [-0.05, 0) is 141 Å². The fourth-order valence-corrected chi connectivity index (χ4v) is 12.0. The lowest BCUT2D eigenvalue weighted by atomic mass is 9.70. The molecule has 0 amide bonds. The molecule has 0 saturated carbocycles. The summed E-state index contributed by atoms with van der Waals surface area (Å²) in [4.78, 5) is 2.55. The third-order valence-corrected chi connectivity index (χ3v) is 14.9. The van der Waals surface area contributed by atoms with Crippen molar-refractivity contribution < 1.29 is 0 Å². The number of fused-ring (bicyclic) bond motifs is 16. The van der Waals surface area contributed by atoms with E-state index in [1.54, 1.807) is 0 Å². The molecule has 68 heavy (non-hydrogen) atoms. The largest absolute Gasteiger partial charge is 0.310 e. The van der Waals surface area contributed by atoms with Crippen molar-refractivity contribution in [1.82, 2.24) is 0 Å². The Morgan fingerprint density at radius 2 is 0.662 bits per heavy atom. The Hall–Kier alpha value is -8.78. The second-order valence-electron chi connectivity index (χ2n) is 18.3. The van der Waals surface area contributed by atoms with Crippen LogP contribution in [0.15, 0.2) is 261 Å². The number of benzene rings is 12. The molecule has 1 heteroatoms. The van der Waals surface area contributed by atoms with Crippen molar-refractivity contribution in [3.8, 4) is 55.6 Å². The van der Waals surface area contributed by atoms with Crippen LogP contribution in [0.25, 0.3) is 88.0 Å². The lowest BCUT2D eigenvalue weighted by Gasteiger charge is -2.34. The Morgan fingerprint density at radius 1 is 0.221 bits per heavy atom. The summed E-state index contributed by atoms with van der Waals surface area (Å²) in [5.41, 5.74) is 20.3. The molecule has 0 N–H and O–H groups in total. The molecule has 2 aliphatic rings. The van der Waals surface area contributed by atoms with Crippen molar-refractivity contribution in [3.05, 3.63) is 283 Å². The summed E-state index contributed by atoms with van der Waals surface area (Å²) in [5, 5.41) is 7.53. The van der Waals surface area contributed by atoms with Gasteiger partial charge in [0.15, 0.2) is 0 Å². The Morgan fingerprint density at radius 3 is 1.26 bits per heavy atom. The zero-order chi connectivity index (χ0) is 44.8. The highest BCUT2D eigenvalue weighted by atomic mass is 15.1. The van der Waals surface area contributed by atoms with E-state index in [1.165, 1.54) is 110 Å². The van der Waals surface area contributed by atoms with Crippen LogP contribution in [0.2, 0.25) is 0 Å². The van der Waals surface area contributed by atoms with Crippen molar-refractivity contribution in [2.75, 3.05) is 4.90 Å². The highest BCUT2D eigenvalue weighted by Gasteiger charge is 2.52.